The second kappa shape index (κ2) is 9.33. The van der Waals surface area contributed by atoms with E-state index in [2.05, 4.69) is 28.1 Å². The van der Waals surface area contributed by atoms with Gasteiger partial charge < -0.3 is 45.0 Å². The molecule has 0 aliphatic carbocycles. The number of phosphoric acid groups is 3. The van der Waals surface area contributed by atoms with E-state index in [0.29, 0.717) is 0 Å². The van der Waals surface area contributed by atoms with Crippen molar-refractivity contribution >= 4 is 40.4 Å². The number of nitrogens with zero attached hydrogens (tertiary/aromatic N) is 4. The summed E-state index contributed by atoms with van der Waals surface area (Å²) in [6.07, 6.45) is -6.32. The number of anilines is 1. The number of phosphoric ester groups is 1. The topological polar surface area (TPSA) is 288 Å². The number of aromatic nitrogens is 4. The van der Waals surface area contributed by atoms with Crippen LogP contribution in [0.4, 0.5) is 5.82 Å². The first-order valence-corrected chi connectivity index (χ1v) is 13.0. The fourth-order valence-electron chi connectivity index (χ4n) is 2.86. The van der Waals surface area contributed by atoms with E-state index in [-0.39, 0.29) is 17.0 Å². The molecule has 1 aliphatic heterocycles. The summed E-state index contributed by atoms with van der Waals surface area (Å²) in [6, 6.07) is 0. The number of aliphatic hydroxyl groups is 2. The molecule has 3 heterocycles. The molecule has 0 saturated carbocycles. The summed E-state index contributed by atoms with van der Waals surface area (Å²) >= 11 is 0. The molecule has 0 spiro atoms. The van der Waals surface area contributed by atoms with Gasteiger partial charge in [-0.1, -0.05) is 0 Å². The Morgan fingerprint density at radius 2 is 1.73 bits per heavy atom. The molecule has 7 atom stereocenters. The van der Waals surface area contributed by atoms with Crippen LogP contribution < -0.4 is 5.73 Å². The average molecular weight is 537 g/mol. The molecule has 0 radical (unpaired) electrons. The van der Waals surface area contributed by atoms with Crippen molar-refractivity contribution in [3.63, 3.8) is 0 Å². The molecular formula is C11H18N5O14P3. The van der Waals surface area contributed by atoms with Gasteiger partial charge in [0.1, 0.15) is 30.2 Å². The number of ether oxygens (including phenoxy) is 2. The number of imidazole rings is 1. The third kappa shape index (κ3) is 6.00. The Labute approximate surface area is 183 Å². The molecule has 3 unspecified atom stereocenters. The first-order valence-electron chi connectivity index (χ1n) is 8.44. The fraction of sp³-hybridized carbons (Fsp3) is 0.545. The number of hydrogen-bond donors (Lipinski definition) is 7. The van der Waals surface area contributed by atoms with Crippen molar-refractivity contribution in [1.29, 1.82) is 0 Å². The quantitative estimate of drug-likeness (QED) is 0.139. The predicted molar refractivity (Wildman–Crippen MR) is 101 cm³/mol. The molecule has 0 amide bonds. The molecule has 8 N–H and O–H groups in total. The van der Waals surface area contributed by atoms with E-state index < -0.39 is 54.3 Å². The molecule has 0 aromatic carbocycles. The van der Waals surface area contributed by atoms with Crippen molar-refractivity contribution in [3.8, 4) is 0 Å². The second-order valence-corrected chi connectivity index (χ2v) is 10.7. The predicted octanol–water partition coefficient (Wildman–Crippen LogP) is -1.66. The van der Waals surface area contributed by atoms with Gasteiger partial charge in [-0.2, -0.15) is 8.62 Å². The minimum absolute atomic E-state index is 0.0192. The Balaban J connectivity index is 1.80. The van der Waals surface area contributed by atoms with E-state index in [9.17, 15) is 33.7 Å². The zero-order chi connectivity index (χ0) is 24.8. The lowest BCUT2D eigenvalue weighted by molar-refractivity contribution is -0.175. The van der Waals surface area contributed by atoms with Crippen molar-refractivity contribution in [1.82, 2.24) is 19.5 Å². The number of nitrogen functional groups attached to an aromatic ring is 1. The van der Waals surface area contributed by atoms with E-state index in [4.69, 9.17) is 25.0 Å². The summed E-state index contributed by atoms with van der Waals surface area (Å²) in [7, 11) is -16.1. The summed E-state index contributed by atoms with van der Waals surface area (Å²) in [4.78, 5) is 47.7. The number of hydrogen-bond acceptors (Lipinski definition) is 14. The number of fused-ring (bicyclic) bond motifs is 1. The lowest BCUT2D eigenvalue weighted by atomic mass is 10.1. The molecule has 22 heteroatoms. The van der Waals surface area contributed by atoms with Crippen LogP contribution in [0.3, 0.4) is 0 Å². The highest BCUT2D eigenvalue weighted by Gasteiger charge is 2.51. The SMILES string of the molecule is COC(OP(=O)(O)OP(=O)(O)OP(=O)(O)O)[C@H]1O[C@@H](n2cnc3c(N)ncnc32)[C@H](O)[C@@H]1O. The third-order valence-electron chi connectivity index (χ3n) is 4.09. The number of nitrogens with two attached hydrogens (primary N) is 1. The molecule has 0 bridgehead atoms. The van der Waals surface area contributed by atoms with Gasteiger partial charge in [-0.3, -0.25) is 9.09 Å². The molecule has 2 aromatic heterocycles. The highest BCUT2D eigenvalue weighted by molar-refractivity contribution is 7.66. The lowest BCUT2D eigenvalue weighted by Crippen LogP contribution is -2.40. The number of methoxy groups -OCH3 is 1. The van der Waals surface area contributed by atoms with Crippen LogP contribution >= 0.6 is 23.5 Å². The molecular weight excluding hydrogens is 519 g/mol. The third-order valence-corrected chi connectivity index (χ3v) is 7.89. The smallest absolute Gasteiger partial charge is 0.387 e. The van der Waals surface area contributed by atoms with Crippen molar-refractivity contribution in [2.75, 3.05) is 12.8 Å². The molecule has 33 heavy (non-hydrogen) atoms. The molecule has 1 fully saturated rings. The van der Waals surface area contributed by atoms with Crippen molar-refractivity contribution < 1.29 is 66.1 Å². The largest absolute Gasteiger partial charge is 0.490 e. The molecule has 1 aliphatic rings. The minimum Gasteiger partial charge on any atom is -0.387 e. The van der Waals surface area contributed by atoms with Gasteiger partial charge in [-0.05, 0) is 0 Å². The van der Waals surface area contributed by atoms with Gasteiger partial charge in [0.15, 0.2) is 24.0 Å². The van der Waals surface area contributed by atoms with Crippen molar-refractivity contribution in [3.05, 3.63) is 12.7 Å². The van der Waals surface area contributed by atoms with Crippen molar-refractivity contribution in [2.24, 2.45) is 0 Å². The van der Waals surface area contributed by atoms with Gasteiger partial charge in [0.05, 0.1) is 6.33 Å². The summed E-state index contributed by atoms with van der Waals surface area (Å²) < 4.78 is 57.5. The summed E-state index contributed by atoms with van der Waals surface area (Å²) in [5, 5.41) is 20.8. The van der Waals surface area contributed by atoms with Gasteiger partial charge in [-0.15, -0.1) is 0 Å². The summed E-state index contributed by atoms with van der Waals surface area (Å²) in [5.41, 5.74) is 5.96. The van der Waals surface area contributed by atoms with E-state index in [1.165, 1.54) is 10.9 Å². The molecule has 2 aromatic rings. The summed E-state index contributed by atoms with van der Waals surface area (Å²) in [6.45, 7) is 0. The standard InChI is InChI=1S/C11H18N5O14P3/c1-26-11(28-32(22,23)30-33(24,25)29-31(19,20)21)7-5(17)6(18)10(27-7)16-3-15-4-8(12)13-2-14-9(4)16/h2-3,5-7,10-11,17-18H,1H3,(H,22,23)(H,24,25)(H2,12,13,14)(H2,19,20,21)/t5-,6+,7-,10+,11?/m0/s1. The van der Waals surface area contributed by atoms with Crippen LogP contribution in [-0.4, -0.2) is 81.0 Å². The van der Waals surface area contributed by atoms with Crippen LogP contribution in [-0.2, 0) is 36.3 Å². The van der Waals surface area contributed by atoms with Gasteiger partial charge >= 0.3 is 23.5 Å². The van der Waals surface area contributed by atoms with E-state index in [0.717, 1.165) is 13.4 Å². The Hall–Kier alpha value is -1.40. The molecule has 1 saturated heterocycles. The maximum Gasteiger partial charge on any atom is 0.490 e. The van der Waals surface area contributed by atoms with Gasteiger partial charge in [-0.25, -0.2) is 28.6 Å². The van der Waals surface area contributed by atoms with Crippen LogP contribution in [0.5, 0.6) is 0 Å². The molecule has 3 rings (SSSR count). The lowest BCUT2D eigenvalue weighted by Gasteiger charge is -2.26. The zero-order valence-electron chi connectivity index (χ0n) is 16.2. The van der Waals surface area contributed by atoms with E-state index in [1.807, 2.05) is 0 Å². The van der Waals surface area contributed by atoms with Crippen LogP contribution in [0.25, 0.3) is 11.2 Å². The van der Waals surface area contributed by atoms with E-state index in [1.54, 1.807) is 0 Å². The highest BCUT2D eigenvalue weighted by Crippen LogP contribution is 2.66. The maximum atomic E-state index is 12.1. The van der Waals surface area contributed by atoms with Crippen LogP contribution in [0.15, 0.2) is 12.7 Å². The first-order chi connectivity index (χ1) is 15.1. The second-order valence-electron chi connectivity index (χ2n) is 6.36. The number of rotatable bonds is 9. The fourth-order valence-corrected chi connectivity index (χ4v) is 5.99. The molecule has 19 nitrogen and oxygen atoms in total. The zero-order valence-corrected chi connectivity index (χ0v) is 18.9. The van der Waals surface area contributed by atoms with Crippen LogP contribution in [0.1, 0.15) is 6.23 Å². The Bertz CT molecular complexity index is 1160. The van der Waals surface area contributed by atoms with E-state index >= 15 is 0 Å². The van der Waals surface area contributed by atoms with Crippen LogP contribution in [0, 0.1) is 0 Å². The van der Waals surface area contributed by atoms with Crippen LogP contribution in [0.2, 0.25) is 0 Å². The molecule has 186 valence electrons. The normalized spacial score (nSPS) is 28.5. The van der Waals surface area contributed by atoms with Gasteiger partial charge in [0, 0.05) is 7.11 Å². The Morgan fingerprint density at radius 3 is 2.33 bits per heavy atom. The average Bonchev–Trinajstić information content (AvgIpc) is 3.20. The highest BCUT2D eigenvalue weighted by atomic mass is 31.3. The minimum atomic E-state index is -5.79. The number of aliphatic hydroxyl groups excluding tert-OH is 2. The van der Waals surface area contributed by atoms with Gasteiger partial charge in [0.25, 0.3) is 0 Å². The first kappa shape index (κ1) is 26.2. The summed E-state index contributed by atoms with van der Waals surface area (Å²) in [5.74, 6) is 0.0192. The van der Waals surface area contributed by atoms with Gasteiger partial charge in [0.2, 0.25) is 0 Å². The monoisotopic (exact) mass is 537 g/mol. The maximum absolute atomic E-state index is 12.1. The Kier molecular flexibility index (Phi) is 7.41. The van der Waals surface area contributed by atoms with Crippen molar-refractivity contribution in [2.45, 2.75) is 30.8 Å². The Morgan fingerprint density at radius 1 is 1.06 bits per heavy atom.